The predicted octanol–water partition coefficient (Wildman–Crippen LogP) is -0.0559. The number of nitrogens with one attached hydrogen (secondary N) is 1. The maximum absolute atomic E-state index is 13.2. The maximum atomic E-state index is 13.2. The molecular weight excluding hydrogens is 350 g/mol. The quantitative estimate of drug-likeness (QED) is 0.748. The number of rotatable bonds is 2. The van der Waals surface area contributed by atoms with Crippen LogP contribution in [0.4, 0.5) is 0 Å². The van der Waals surface area contributed by atoms with Gasteiger partial charge in [0.2, 0.25) is 5.91 Å². The smallest absolute Gasteiger partial charge is 0.254 e. The lowest BCUT2D eigenvalue weighted by Gasteiger charge is -2.57. The van der Waals surface area contributed by atoms with Gasteiger partial charge in [-0.2, -0.15) is 0 Å². The molecule has 0 unspecified atom stereocenters. The maximum Gasteiger partial charge on any atom is 0.254 e. The molecule has 1 aromatic heterocycles. The lowest BCUT2D eigenvalue weighted by atomic mass is 9.66. The van der Waals surface area contributed by atoms with E-state index >= 15 is 0 Å². The number of piperidine rings is 1. The van der Waals surface area contributed by atoms with Gasteiger partial charge in [0, 0.05) is 55.3 Å². The van der Waals surface area contributed by atoms with E-state index in [2.05, 4.69) is 9.97 Å². The zero-order valence-corrected chi connectivity index (χ0v) is 15.9. The van der Waals surface area contributed by atoms with Crippen molar-refractivity contribution in [2.75, 3.05) is 33.0 Å². The zero-order chi connectivity index (χ0) is 19.2. The van der Waals surface area contributed by atoms with E-state index in [1.54, 1.807) is 13.8 Å². The van der Waals surface area contributed by atoms with Crippen LogP contribution in [0.2, 0.25) is 0 Å². The summed E-state index contributed by atoms with van der Waals surface area (Å²) in [6.07, 6.45) is 1.29. The van der Waals surface area contributed by atoms with Crippen molar-refractivity contribution in [2.24, 2.45) is 11.8 Å². The van der Waals surface area contributed by atoms with E-state index in [0.717, 1.165) is 0 Å². The summed E-state index contributed by atoms with van der Waals surface area (Å²) in [7, 11) is 0. The van der Waals surface area contributed by atoms with Crippen LogP contribution in [0.1, 0.15) is 29.9 Å². The van der Waals surface area contributed by atoms with Crippen molar-refractivity contribution < 1.29 is 19.4 Å². The molecule has 0 aliphatic carbocycles. The number of H-pyrrole nitrogens is 1. The number of fused-ring (bicyclic) bond motifs is 3. The Morgan fingerprint density at radius 2 is 2.11 bits per heavy atom. The highest BCUT2D eigenvalue weighted by atomic mass is 16.5. The van der Waals surface area contributed by atoms with Crippen LogP contribution in [-0.4, -0.2) is 70.5 Å². The molecule has 0 saturated carbocycles. The average Bonchev–Trinajstić information content (AvgIpc) is 2.64. The summed E-state index contributed by atoms with van der Waals surface area (Å²) < 4.78 is 11.2. The minimum Gasteiger partial charge on any atom is -0.389 e. The van der Waals surface area contributed by atoms with Crippen LogP contribution < -0.4 is 5.56 Å². The minimum absolute atomic E-state index is 0.0184. The number of aromatic amines is 1. The van der Waals surface area contributed by atoms with Crippen molar-refractivity contribution in [1.82, 2.24) is 14.9 Å². The molecule has 3 aliphatic heterocycles. The molecule has 3 saturated heterocycles. The fraction of sp³-hybridized carbons (Fsp3) is 0.737. The number of amides is 1. The van der Waals surface area contributed by atoms with Crippen LogP contribution in [0.15, 0.2) is 4.79 Å². The highest BCUT2D eigenvalue weighted by Crippen LogP contribution is 2.44. The normalized spacial score (nSPS) is 33.3. The van der Waals surface area contributed by atoms with Crippen molar-refractivity contribution in [3.8, 4) is 0 Å². The fourth-order valence-corrected chi connectivity index (χ4v) is 4.96. The van der Waals surface area contributed by atoms with Crippen molar-refractivity contribution in [3.05, 3.63) is 27.4 Å². The molecule has 0 radical (unpaired) electrons. The number of aromatic nitrogens is 2. The predicted molar refractivity (Wildman–Crippen MR) is 96.3 cm³/mol. The lowest BCUT2D eigenvalue weighted by Crippen LogP contribution is -2.69. The van der Waals surface area contributed by atoms with E-state index in [1.165, 1.54) is 0 Å². The number of carbonyl (C=O) groups excluding carboxylic acids is 1. The van der Waals surface area contributed by atoms with Gasteiger partial charge < -0.3 is 24.5 Å². The largest absolute Gasteiger partial charge is 0.389 e. The number of hydrogen-bond acceptors (Lipinski definition) is 6. The van der Waals surface area contributed by atoms with Crippen molar-refractivity contribution in [2.45, 2.75) is 44.8 Å². The Hall–Kier alpha value is -1.77. The van der Waals surface area contributed by atoms with E-state index in [9.17, 15) is 14.7 Å². The van der Waals surface area contributed by atoms with Gasteiger partial charge in [-0.05, 0) is 20.3 Å². The molecule has 3 fully saturated rings. The van der Waals surface area contributed by atoms with Gasteiger partial charge in [0.25, 0.3) is 5.56 Å². The third-order valence-electron chi connectivity index (χ3n) is 6.44. The van der Waals surface area contributed by atoms with E-state index in [-0.39, 0.29) is 35.8 Å². The first-order chi connectivity index (χ1) is 12.9. The summed E-state index contributed by atoms with van der Waals surface area (Å²) in [5, 5.41) is 11.3. The van der Waals surface area contributed by atoms with E-state index in [4.69, 9.17) is 9.47 Å². The Morgan fingerprint density at radius 1 is 1.33 bits per heavy atom. The molecule has 0 aromatic carbocycles. The second-order valence-electron chi connectivity index (χ2n) is 7.99. The lowest BCUT2D eigenvalue weighted by molar-refractivity contribution is -0.219. The van der Waals surface area contributed by atoms with E-state index < -0.39 is 5.60 Å². The molecule has 8 heteroatoms. The Labute approximate surface area is 157 Å². The zero-order valence-electron chi connectivity index (χ0n) is 15.9. The molecule has 4 heterocycles. The van der Waals surface area contributed by atoms with Crippen LogP contribution in [0.25, 0.3) is 0 Å². The summed E-state index contributed by atoms with van der Waals surface area (Å²) in [6, 6.07) is -0.0663. The average molecular weight is 377 g/mol. The first-order valence-electron chi connectivity index (χ1n) is 9.64. The third-order valence-corrected chi connectivity index (χ3v) is 6.44. The highest BCUT2D eigenvalue weighted by molar-refractivity contribution is 5.79. The monoisotopic (exact) mass is 377 g/mol. The number of nitrogens with zero attached hydrogens (tertiary/aromatic N) is 2. The Morgan fingerprint density at radius 3 is 2.89 bits per heavy atom. The number of carbonyl (C=O) groups is 1. The van der Waals surface area contributed by atoms with Gasteiger partial charge in [0.05, 0.1) is 25.2 Å². The molecule has 3 aliphatic rings. The molecule has 1 aromatic rings. The number of hydrogen-bond donors (Lipinski definition) is 2. The number of likely N-dealkylation sites (tertiary alicyclic amines) is 1. The van der Waals surface area contributed by atoms with Gasteiger partial charge >= 0.3 is 0 Å². The standard InChI is InChI=1S/C19H27N3O5/c1-11-14(18(24)21-12(2)20-11)7-17(23)22-8-13-9-27-6-4-19(13,25)15-10-26-5-3-16(15)22/h13,15-16,25H,3-10H2,1-2H3,(H,20,21,24)/t13-,15+,16-,19-/m0/s1. The third kappa shape index (κ3) is 3.19. The van der Waals surface area contributed by atoms with E-state index in [0.29, 0.717) is 62.9 Å². The van der Waals surface area contributed by atoms with Crippen LogP contribution in [-0.2, 0) is 20.7 Å². The van der Waals surface area contributed by atoms with Crippen molar-refractivity contribution >= 4 is 5.91 Å². The summed E-state index contributed by atoms with van der Waals surface area (Å²) in [4.78, 5) is 34.3. The molecule has 1 amide bonds. The van der Waals surface area contributed by atoms with Gasteiger partial charge in [-0.3, -0.25) is 9.59 Å². The molecular formula is C19H27N3O5. The SMILES string of the molecule is Cc1nc(C)c(CC(=O)N2C[C@H]3COCC[C@@]3(O)[C@@H]3COCC[C@@H]32)c(=O)[nH]1. The molecule has 8 nitrogen and oxygen atoms in total. The fourth-order valence-electron chi connectivity index (χ4n) is 4.96. The molecule has 27 heavy (non-hydrogen) atoms. The molecule has 148 valence electrons. The summed E-state index contributed by atoms with van der Waals surface area (Å²) in [5.74, 6) is 0.196. The number of aliphatic hydroxyl groups is 1. The number of ether oxygens (including phenoxy) is 2. The molecule has 4 rings (SSSR count). The summed E-state index contributed by atoms with van der Waals surface area (Å²) in [6.45, 7) is 5.93. The number of aryl methyl sites for hydroxylation is 2. The Balaban J connectivity index is 1.61. The molecule has 0 spiro atoms. The molecule has 4 atom stereocenters. The van der Waals surface area contributed by atoms with Crippen LogP contribution in [0.5, 0.6) is 0 Å². The Bertz CT molecular complexity index is 794. The van der Waals surface area contributed by atoms with Gasteiger partial charge in [-0.15, -0.1) is 0 Å². The van der Waals surface area contributed by atoms with Gasteiger partial charge in [-0.1, -0.05) is 0 Å². The summed E-state index contributed by atoms with van der Waals surface area (Å²) >= 11 is 0. The second kappa shape index (κ2) is 7.00. The van der Waals surface area contributed by atoms with Crippen molar-refractivity contribution in [1.29, 1.82) is 0 Å². The van der Waals surface area contributed by atoms with Crippen LogP contribution in [0, 0.1) is 25.7 Å². The van der Waals surface area contributed by atoms with Gasteiger partial charge in [0.15, 0.2) is 0 Å². The topological polar surface area (TPSA) is 105 Å². The van der Waals surface area contributed by atoms with Crippen LogP contribution >= 0.6 is 0 Å². The van der Waals surface area contributed by atoms with Gasteiger partial charge in [0.1, 0.15) is 5.82 Å². The van der Waals surface area contributed by atoms with Crippen LogP contribution in [0.3, 0.4) is 0 Å². The molecule has 2 N–H and O–H groups in total. The first-order valence-corrected chi connectivity index (χ1v) is 9.64. The Kier molecular flexibility index (Phi) is 4.82. The van der Waals surface area contributed by atoms with E-state index in [1.807, 2.05) is 4.90 Å². The summed E-state index contributed by atoms with van der Waals surface area (Å²) in [5.41, 5.74) is -0.109. The first kappa shape index (κ1) is 18.6. The highest BCUT2D eigenvalue weighted by Gasteiger charge is 2.56. The second-order valence-corrected chi connectivity index (χ2v) is 7.99. The minimum atomic E-state index is -0.848. The van der Waals surface area contributed by atoms with Crippen molar-refractivity contribution in [3.63, 3.8) is 0 Å². The van der Waals surface area contributed by atoms with Gasteiger partial charge in [-0.25, -0.2) is 4.98 Å². The molecule has 0 bridgehead atoms.